The topological polar surface area (TPSA) is 194 Å². The average molecular weight is 486 g/mol. The molecule has 0 rings (SSSR count). The number of carboxylic acids is 1. The van der Waals surface area contributed by atoms with Gasteiger partial charge in [-0.3, -0.25) is 19.2 Å². The van der Waals surface area contributed by atoms with E-state index in [1.807, 2.05) is 41.5 Å². The molecule has 0 radical (unpaired) electrons. The highest BCUT2D eigenvalue weighted by Gasteiger charge is 2.31. The molecule has 0 spiro atoms. The van der Waals surface area contributed by atoms with Crippen LogP contribution in [-0.4, -0.2) is 58.9 Å². The summed E-state index contributed by atoms with van der Waals surface area (Å²) < 4.78 is 0. The first kappa shape index (κ1) is 31.3. The van der Waals surface area contributed by atoms with Crippen molar-refractivity contribution in [1.29, 1.82) is 0 Å². The summed E-state index contributed by atoms with van der Waals surface area (Å²) in [7, 11) is 0. The maximum absolute atomic E-state index is 13.1. The maximum atomic E-state index is 13.1. The van der Waals surface area contributed by atoms with Gasteiger partial charge in [0.15, 0.2) is 0 Å². The predicted molar refractivity (Wildman–Crippen MR) is 128 cm³/mol. The monoisotopic (exact) mass is 485 g/mol. The lowest BCUT2D eigenvalue weighted by Gasteiger charge is -2.27. The van der Waals surface area contributed by atoms with Crippen molar-refractivity contribution in [3.8, 4) is 0 Å². The molecular formula is C23H43N5O6. The minimum atomic E-state index is -1.15. The number of nitrogens with one attached hydrogen (secondary N) is 3. The lowest BCUT2D eigenvalue weighted by atomic mass is 9.98. The number of hydrogen-bond acceptors (Lipinski definition) is 6. The number of aliphatic carboxylic acids is 1. The van der Waals surface area contributed by atoms with E-state index in [-0.39, 0.29) is 43.4 Å². The van der Waals surface area contributed by atoms with Gasteiger partial charge in [-0.15, -0.1) is 0 Å². The molecule has 4 amide bonds. The van der Waals surface area contributed by atoms with E-state index >= 15 is 0 Å². The first-order valence-electron chi connectivity index (χ1n) is 11.8. The normalized spacial score (nSPS) is 14.9. The number of hydrogen-bond donors (Lipinski definition) is 6. The van der Waals surface area contributed by atoms with E-state index in [1.165, 1.54) is 0 Å². The molecule has 0 bridgehead atoms. The van der Waals surface area contributed by atoms with Gasteiger partial charge in [0.2, 0.25) is 23.6 Å². The molecule has 0 saturated carbocycles. The van der Waals surface area contributed by atoms with Crippen molar-refractivity contribution in [2.45, 2.75) is 97.8 Å². The van der Waals surface area contributed by atoms with Gasteiger partial charge >= 0.3 is 5.97 Å². The van der Waals surface area contributed by atoms with Crippen molar-refractivity contribution in [3.05, 3.63) is 0 Å². The fourth-order valence-corrected chi connectivity index (χ4v) is 3.35. The third-order valence-electron chi connectivity index (χ3n) is 5.04. The van der Waals surface area contributed by atoms with E-state index < -0.39 is 53.8 Å². The van der Waals surface area contributed by atoms with Crippen LogP contribution in [0.2, 0.25) is 0 Å². The number of carboxylic acid groups (broad SMARTS) is 1. The Morgan fingerprint density at radius 1 is 0.676 bits per heavy atom. The van der Waals surface area contributed by atoms with Crippen LogP contribution < -0.4 is 27.4 Å². The Balaban J connectivity index is 5.48. The van der Waals surface area contributed by atoms with Crippen LogP contribution in [0.4, 0.5) is 0 Å². The van der Waals surface area contributed by atoms with E-state index in [0.717, 1.165) is 0 Å². The van der Waals surface area contributed by atoms with Crippen LogP contribution in [0, 0.1) is 17.8 Å². The molecule has 196 valence electrons. The van der Waals surface area contributed by atoms with Crippen LogP contribution in [0.25, 0.3) is 0 Å². The van der Waals surface area contributed by atoms with Gasteiger partial charge in [-0.1, -0.05) is 41.5 Å². The van der Waals surface area contributed by atoms with Crippen molar-refractivity contribution in [2.75, 3.05) is 0 Å². The molecule has 0 aromatic carbocycles. The Labute approximate surface area is 202 Å². The number of carbonyl (C=O) groups excluding carboxylic acids is 4. The quantitative estimate of drug-likeness (QED) is 0.180. The summed E-state index contributed by atoms with van der Waals surface area (Å²) in [5, 5.41) is 17.2. The van der Waals surface area contributed by atoms with Crippen LogP contribution >= 0.6 is 0 Å². The van der Waals surface area contributed by atoms with E-state index in [0.29, 0.717) is 6.42 Å². The van der Waals surface area contributed by atoms with Crippen molar-refractivity contribution >= 4 is 29.6 Å². The Bertz CT molecular complexity index is 710. The Kier molecular flexibility index (Phi) is 14.1. The van der Waals surface area contributed by atoms with Gasteiger partial charge in [-0.05, 0) is 43.4 Å². The van der Waals surface area contributed by atoms with Gasteiger partial charge in [0.1, 0.15) is 18.1 Å². The zero-order valence-electron chi connectivity index (χ0n) is 21.2. The first-order chi connectivity index (χ1) is 15.6. The fourth-order valence-electron chi connectivity index (χ4n) is 3.35. The third-order valence-corrected chi connectivity index (χ3v) is 5.04. The molecule has 0 aliphatic heterocycles. The zero-order chi connectivity index (χ0) is 26.6. The molecule has 0 aromatic rings. The lowest BCUT2D eigenvalue weighted by molar-refractivity contribution is -0.143. The van der Waals surface area contributed by atoms with Crippen LogP contribution in [0.3, 0.4) is 0 Å². The van der Waals surface area contributed by atoms with Gasteiger partial charge < -0.3 is 32.5 Å². The summed E-state index contributed by atoms with van der Waals surface area (Å²) in [6, 6.07) is -4.03. The molecule has 0 heterocycles. The number of rotatable bonds is 16. The second-order valence-electron chi connectivity index (χ2n) is 10.0. The summed E-state index contributed by atoms with van der Waals surface area (Å²) >= 11 is 0. The molecule has 0 saturated heterocycles. The van der Waals surface area contributed by atoms with E-state index in [9.17, 15) is 29.1 Å². The van der Waals surface area contributed by atoms with E-state index in [2.05, 4.69) is 16.0 Å². The minimum Gasteiger partial charge on any atom is -0.480 e. The molecule has 0 aliphatic carbocycles. The predicted octanol–water partition coefficient (Wildman–Crippen LogP) is 0.257. The molecule has 4 atom stereocenters. The number of carbonyl (C=O) groups is 5. The van der Waals surface area contributed by atoms with Crippen LogP contribution in [0.15, 0.2) is 0 Å². The summed E-state index contributed by atoms with van der Waals surface area (Å²) in [6.07, 6.45) is 0.807. The molecular weight excluding hydrogens is 442 g/mol. The Morgan fingerprint density at radius 3 is 1.38 bits per heavy atom. The van der Waals surface area contributed by atoms with E-state index in [1.54, 1.807) is 0 Å². The molecule has 8 N–H and O–H groups in total. The average Bonchev–Trinajstić information content (AvgIpc) is 2.68. The minimum absolute atomic E-state index is 0.0322. The standard InChI is InChI=1S/C23H43N5O6/c1-12(2)9-16(26-20(30)15(24)7-8-19(25)29)21(31)27-17(10-13(3)4)22(32)28-18(23(33)34)11-14(5)6/h12-18H,7-11,24H2,1-6H3,(H2,25,29)(H,26,30)(H,27,31)(H,28,32)(H,33,34). The van der Waals surface area contributed by atoms with Crippen molar-refractivity contribution in [2.24, 2.45) is 29.2 Å². The molecule has 11 nitrogen and oxygen atoms in total. The Morgan fingerprint density at radius 2 is 1.03 bits per heavy atom. The molecule has 34 heavy (non-hydrogen) atoms. The summed E-state index contributed by atoms with van der Waals surface area (Å²) in [5.41, 5.74) is 10.9. The third kappa shape index (κ3) is 13.1. The summed E-state index contributed by atoms with van der Waals surface area (Å²) in [6.45, 7) is 11.2. The number of nitrogens with two attached hydrogens (primary N) is 2. The highest BCUT2D eigenvalue weighted by Crippen LogP contribution is 2.11. The second-order valence-corrected chi connectivity index (χ2v) is 10.0. The maximum Gasteiger partial charge on any atom is 0.326 e. The zero-order valence-corrected chi connectivity index (χ0v) is 21.2. The largest absolute Gasteiger partial charge is 0.480 e. The molecule has 0 aromatic heterocycles. The van der Waals surface area contributed by atoms with Crippen LogP contribution in [-0.2, 0) is 24.0 Å². The highest BCUT2D eigenvalue weighted by molar-refractivity contribution is 5.94. The highest BCUT2D eigenvalue weighted by atomic mass is 16.4. The number of amides is 4. The van der Waals surface area contributed by atoms with Gasteiger partial charge in [0.25, 0.3) is 0 Å². The Hall–Kier alpha value is -2.69. The fraction of sp³-hybridized carbons (Fsp3) is 0.783. The first-order valence-corrected chi connectivity index (χ1v) is 11.8. The molecule has 0 fully saturated rings. The van der Waals surface area contributed by atoms with Crippen molar-refractivity contribution in [3.63, 3.8) is 0 Å². The van der Waals surface area contributed by atoms with Crippen LogP contribution in [0.5, 0.6) is 0 Å². The summed E-state index contributed by atoms with van der Waals surface area (Å²) in [4.78, 5) is 60.9. The van der Waals surface area contributed by atoms with Gasteiger partial charge in [0, 0.05) is 6.42 Å². The second kappa shape index (κ2) is 15.3. The number of primary amides is 1. The van der Waals surface area contributed by atoms with Gasteiger partial charge in [-0.25, -0.2) is 4.79 Å². The van der Waals surface area contributed by atoms with Gasteiger partial charge in [-0.2, -0.15) is 0 Å². The van der Waals surface area contributed by atoms with E-state index in [4.69, 9.17) is 11.5 Å². The van der Waals surface area contributed by atoms with Crippen molar-refractivity contribution in [1.82, 2.24) is 16.0 Å². The molecule has 4 unspecified atom stereocenters. The van der Waals surface area contributed by atoms with Crippen LogP contribution in [0.1, 0.15) is 73.6 Å². The molecule has 0 aliphatic rings. The van der Waals surface area contributed by atoms with Gasteiger partial charge in [0.05, 0.1) is 6.04 Å². The van der Waals surface area contributed by atoms with Crippen molar-refractivity contribution < 1.29 is 29.1 Å². The molecule has 11 heteroatoms. The SMILES string of the molecule is CC(C)CC(NC(=O)C(CC(C)C)NC(=O)C(CC(C)C)NC(=O)C(N)CCC(N)=O)C(=O)O. The smallest absolute Gasteiger partial charge is 0.326 e. The lowest BCUT2D eigenvalue weighted by Crippen LogP contribution is -2.57. The summed E-state index contributed by atoms with van der Waals surface area (Å²) in [5.74, 6) is -3.38.